The van der Waals surface area contributed by atoms with Crippen LogP contribution in [0.1, 0.15) is 29.6 Å². The molecular formula is C14H17NO5. The SMILES string of the molecule is COc1ccc(C(=O)NCC2(C(=O)O)CCC2)cc1O. The van der Waals surface area contributed by atoms with E-state index in [0.717, 1.165) is 6.42 Å². The Labute approximate surface area is 116 Å². The second-order valence-corrected chi connectivity index (χ2v) is 5.01. The van der Waals surface area contributed by atoms with Gasteiger partial charge in [-0.2, -0.15) is 0 Å². The number of methoxy groups -OCH3 is 1. The van der Waals surface area contributed by atoms with Crippen molar-refractivity contribution in [2.75, 3.05) is 13.7 Å². The number of rotatable bonds is 5. The summed E-state index contributed by atoms with van der Waals surface area (Å²) in [5.41, 5.74) is -0.562. The first kappa shape index (κ1) is 14.2. The van der Waals surface area contributed by atoms with E-state index in [9.17, 15) is 19.8 Å². The highest BCUT2D eigenvalue weighted by atomic mass is 16.5. The first-order chi connectivity index (χ1) is 9.48. The van der Waals surface area contributed by atoms with Gasteiger partial charge in [-0.25, -0.2) is 0 Å². The minimum atomic E-state index is -0.873. The molecule has 6 heteroatoms. The van der Waals surface area contributed by atoms with Crippen molar-refractivity contribution in [2.45, 2.75) is 19.3 Å². The Morgan fingerprint density at radius 1 is 1.40 bits per heavy atom. The fraction of sp³-hybridized carbons (Fsp3) is 0.429. The summed E-state index contributed by atoms with van der Waals surface area (Å²) in [4.78, 5) is 23.1. The molecule has 1 aliphatic rings. The number of aliphatic carboxylic acids is 1. The summed E-state index contributed by atoms with van der Waals surface area (Å²) in [6.07, 6.45) is 2.03. The maximum Gasteiger partial charge on any atom is 0.311 e. The van der Waals surface area contributed by atoms with Crippen LogP contribution in [0.25, 0.3) is 0 Å². The molecule has 0 bridgehead atoms. The summed E-state index contributed by atoms with van der Waals surface area (Å²) in [7, 11) is 1.42. The van der Waals surface area contributed by atoms with Gasteiger partial charge in [0.1, 0.15) is 0 Å². The molecule has 1 amide bonds. The van der Waals surface area contributed by atoms with Gasteiger partial charge >= 0.3 is 5.97 Å². The third-order valence-electron chi connectivity index (χ3n) is 3.79. The highest BCUT2D eigenvalue weighted by molar-refractivity contribution is 5.95. The molecule has 0 saturated heterocycles. The molecule has 0 unspecified atom stereocenters. The number of carbonyl (C=O) groups is 2. The number of carboxylic acids is 1. The lowest BCUT2D eigenvalue weighted by Crippen LogP contribution is -2.47. The Morgan fingerprint density at radius 2 is 2.10 bits per heavy atom. The number of carbonyl (C=O) groups excluding carboxylic acids is 1. The van der Waals surface area contributed by atoms with Gasteiger partial charge in [0.05, 0.1) is 12.5 Å². The molecule has 20 heavy (non-hydrogen) atoms. The van der Waals surface area contributed by atoms with Gasteiger partial charge < -0.3 is 20.3 Å². The molecule has 0 aromatic heterocycles. The second kappa shape index (κ2) is 5.40. The number of hydrogen-bond acceptors (Lipinski definition) is 4. The first-order valence-corrected chi connectivity index (χ1v) is 6.37. The van der Waals surface area contributed by atoms with E-state index >= 15 is 0 Å². The third kappa shape index (κ3) is 2.54. The van der Waals surface area contributed by atoms with E-state index in [4.69, 9.17) is 4.74 Å². The second-order valence-electron chi connectivity index (χ2n) is 5.01. The zero-order valence-electron chi connectivity index (χ0n) is 11.2. The highest BCUT2D eigenvalue weighted by Gasteiger charge is 2.44. The Balaban J connectivity index is 2.02. The van der Waals surface area contributed by atoms with Crippen LogP contribution < -0.4 is 10.1 Å². The number of phenolic OH excluding ortho intramolecular Hbond substituents is 1. The molecule has 0 atom stereocenters. The van der Waals surface area contributed by atoms with Gasteiger partial charge in [-0.05, 0) is 31.0 Å². The van der Waals surface area contributed by atoms with E-state index in [-0.39, 0.29) is 23.6 Å². The summed E-state index contributed by atoms with van der Waals surface area (Å²) in [6, 6.07) is 4.30. The molecule has 1 aromatic carbocycles. The van der Waals surface area contributed by atoms with Crippen LogP contribution in [0.5, 0.6) is 11.5 Å². The Morgan fingerprint density at radius 3 is 2.55 bits per heavy atom. The lowest BCUT2D eigenvalue weighted by Gasteiger charge is -2.37. The molecule has 0 heterocycles. The topological polar surface area (TPSA) is 95.9 Å². The van der Waals surface area contributed by atoms with Crippen LogP contribution in [0, 0.1) is 5.41 Å². The van der Waals surface area contributed by atoms with Crippen molar-refractivity contribution in [3.8, 4) is 11.5 Å². The Bertz CT molecular complexity index is 536. The molecule has 1 fully saturated rings. The van der Waals surface area contributed by atoms with Gasteiger partial charge in [0.15, 0.2) is 11.5 Å². The van der Waals surface area contributed by atoms with Crippen LogP contribution in [0.3, 0.4) is 0 Å². The molecule has 6 nitrogen and oxygen atoms in total. The fourth-order valence-electron chi connectivity index (χ4n) is 2.25. The summed E-state index contributed by atoms with van der Waals surface area (Å²) >= 11 is 0. The molecule has 2 rings (SSSR count). The number of nitrogens with one attached hydrogen (secondary N) is 1. The van der Waals surface area contributed by atoms with Crippen molar-refractivity contribution < 1.29 is 24.5 Å². The van der Waals surface area contributed by atoms with Gasteiger partial charge in [-0.15, -0.1) is 0 Å². The number of aromatic hydroxyl groups is 1. The van der Waals surface area contributed by atoms with Crippen molar-refractivity contribution in [3.05, 3.63) is 23.8 Å². The van der Waals surface area contributed by atoms with E-state index < -0.39 is 17.3 Å². The maximum absolute atomic E-state index is 11.9. The lowest BCUT2D eigenvalue weighted by atomic mass is 9.69. The molecule has 0 aliphatic heterocycles. The molecule has 1 aliphatic carbocycles. The van der Waals surface area contributed by atoms with E-state index in [1.165, 1.54) is 25.3 Å². The summed E-state index contributed by atoms with van der Waals surface area (Å²) in [5.74, 6) is -1.13. The van der Waals surface area contributed by atoms with Crippen molar-refractivity contribution in [2.24, 2.45) is 5.41 Å². The zero-order chi connectivity index (χ0) is 14.8. The van der Waals surface area contributed by atoms with Gasteiger partial charge in [0, 0.05) is 12.1 Å². The number of ether oxygens (including phenoxy) is 1. The molecule has 0 spiro atoms. The van der Waals surface area contributed by atoms with E-state index in [1.54, 1.807) is 0 Å². The normalized spacial score (nSPS) is 16.1. The van der Waals surface area contributed by atoms with Crippen LogP contribution in [0.4, 0.5) is 0 Å². The van der Waals surface area contributed by atoms with Gasteiger partial charge in [0.25, 0.3) is 5.91 Å². The van der Waals surface area contributed by atoms with E-state index in [0.29, 0.717) is 12.8 Å². The van der Waals surface area contributed by atoms with Crippen LogP contribution in [0.15, 0.2) is 18.2 Å². The zero-order valence-corrected chi connectivity index (χ0v) is 11.2. The molecule has 108 valence electrons. The molecule has 1 saturated carbocycles. The molecule has 0 radical (unpaired) electrons. The summed E-state index contributed by atoms with van der Waals surface area (Å²) in [6.45, 7) is 0.105. The number of hydrogen-bond donors (Lipinski definition) is 3. The summed E-state index contributed by atoms with van der Waals surface area (Å²) < 4.78 is 4.89. The van der Waals surface area contributed by atoms with Crippen molar-refractivity contribution in [1.29, 1.82) is 0 Å². The molecule has 1 aromatic rings. The standard InChI is InChI=1S/C14H17NO5/c1-20-11-4-3-9(7-10(11)16)12(17)15-8-14(13(18)19)5-2-6-14/h3-4,7,16H,2,5-6,8H2,1H3,(H,15,17)(H,18,19). The lowest BCUT2D eigenvalue weighted by molar-refractivity contribution is -0.153. The van der Waals surface area contributed by atoms with Gasteiger partial charge in [-0.3, -0.25) is 9.59 Å². The van der Waals surface area contributed by atoms with Crippen LogP contribution in [0.2, 0.25) is 0 Å². The van der Waals surface area contributed by atoms with Crippen LogP contribution >= 0.6 is 0 Å². The van der Waals surface area contributed by atoms with Crippen LogP contribution in [-0.2, 0) is 4.79 Å². The van der Waals surface area contributed by atoms with Crippen molar-refractivity contribution in [1.82, 2.24) is 5.32 Å². The average molecular weight is 279 g/mol. The number of amides is 1. The third-order valence-corrected chi connectivity index (χ3v) is 3.79. The minimum Gasteiger partial charge on any atom is -0.504 e. The monoisotopic (exact) mass is 279 g/mol. The largest absolute Gasteiger partial charge is 0.504 e. The quantitative estimate of drug-likeness (QED) is 0.757. The Hall–Kier alpha value is -2.24. The first-order valence-electron chi connectivity index (χ1n) is 6.37. The van der Waals surface area contributed by atoms with Crippen LogP contribution in [-0.4, -0.2) is 35.7 Å². The smallest absolute Gasteiger partial charge is 0.311 e. The summed E-state index contributed by atoms with van der Waals surface area (Å²) in [5, 5.41) is 21.4. The molecular weight excluding hydrogens is 262 g/mol. The van der Waals surface area contributed by atoms with Crippen molar-refractivity contribution in [3.63, 3.8) is 0 Å². The van der Waals surface area contributed by atoms with E-state index in [2.05, 4.69) is 5.32 Å². The highest BCUT2D eigenvalue weighted by Crippen LogP contribution is 2.40. The number of phenols is 1. The van der Waals surface area contributed by atoms with Gasteiger partial charge in [-0.1, -0.05) is 6.42 Å². The number of benzene rings is 1. The van der Waals surface area contributed by atoms with Crippen molar-refractivity contribution >= 4 is 11.9 Å². The predicted molar refractivity (Wildman–Crippen MR) is 70.9 cm³/mol. The van der Waals surface area contributed by atoms with Gasteiger partial charge in [0.2, 0.25) is 0 Å². The average Bonchev–Trinajstić information content (AvgIpc) is 2.36. The maximum atomic E-state index is 11.9. The molecule has 3 N–H and O–H groups in total. The minimum absolute atomic E-state index is 0.105. The Kier molecular flexibility index (Phi) is 3.83. The predicted octanol–water partition coefficient (Wildman–Crippen LogP) is 1.39. The number of carboxylic acid groups (broad SMARTS) is 1. The van der Waals surface area contributed by atoms with E-state index in [1.807, 2.05) is 0 Å². The fourth-order valence-corrected chi connectivity index (χ4v) is 2.25.